The van der Waals surface area contributed by atoms with Crippen molar-refractivity contribution in [3.63, 3.8) is 0 Å². The average molecular weight is 400 g/mol. The fourth-order valence-electron chi connectivity index (χ4n) is 3.02. The van der Waals surface area contributed by atoms with Gasteiger partial charge in [-0.3, -0.25) is 9.78 Å². The van der Waals surface area contributed by atoms with Crippen molar-refractivity contribution < 1.29 is 14.3 Å². The third-order valence-electron chi connectivity index (χ3n) is 4.47. The van der Waals surface area contributed by atoms with Crippen LogP contribution >= 0.6 is 0 Å². The topological polar surface area (TPSA) is 77.7 Å². The molecule has 1 amide bonds. The average Bonchev–Trinajstić information content (AvgIpc) is 3.26. The third-order valence-corrected chi connectivity index (χ3v) is 4.47. The quantitative estimate of drug-likeness (QED) is 0.380. The summed E-state index contributed by atoms with van der Waals surface area (Å²) in [6, 6.07) is 20.9. The molecule has 2 aromatic heterocycles. The number of hydrogen-bond acceptors (Lipinski definition) is 5. The number of nitrogens with zero attached hydrogens (tertiary/aromatic N) is 3. The first-order chi connectivity index (χ1) is 14.7. The molecule has 4 rings (SSSR count). The minimum absolute atomic E-state index is 0.160. The Labute approximate surface area is 173 Å². The first-order valence-corrected chi connectivity index (χ1v) is 9.35. The molecule has 150 valence electrons. The summed E-state index contributed by atoms with van der Waals surface area (Å²) < 4.78 is 12.8. The number of nitrogens with one attached hydrogen (secondary N) is 1. The van der Waals surface area contributed by atoms with Crippen LogP contribution in [0.5, 0.6) is 11.5 Å². The normalized spacial score (nSPS) is 11.0. The summed E-state index contributed by atoms with van der Waals surface area (Å²) in [7, 11) is 1.63. The van der Waals surface area contributed by atoms with Gasteiger partial charge in [0.1, 0.15) is 17.0 Å². The molecule has 0 aliphatic rings. The second-order valence-corrected chi connectivity index (χ2v) is 6.41. The van der Waals surface area contributed by atoms with E-state index in [1.807, 2.05) is 71.4 Å². The van der Waals surface area contributed by atoms with Gasteiger partial charge in [-0.05, 0) is 48.5 Å². The van der Waals surface area contributed by atoms with Crippen molar-refractivity contribution in [3.05, 3.63) is 84.8 Å². The summed E-state index contributed by atoms with van der Waals surface area (Å²) in [5, 5.41) is 4.99. The lowest BCUT2D eigenvalue weighted by molar-refractivity contribution is -0.123. The van der Waals surface area contributed by atoms with Gasteiger partial charge in [0.05, 0.1) is 19.0 Å². The van der Waals surface area contributed by atoms with Crippen LogP contribution in [0.25, 0.3) is 16.6 Å². The first-order valence-electron chi connectivity index (χ1n) is 9.35. The van der Waals surface area contributed by atoms with Crippen LogP contribution in [0, 0.1) is 0 Å². The standard InChI is InChI=1S/C23H20N4O3/c1-29-20-11-9-18(10-12-20)27-14-4-7-19(27)15-25-26-22(28)16-30-21-8-2-5-17-6-3-13-24-23(17)21/h2-15H,16H2,1H3,(H,26,28)/b25-15-. The molecule has 0 aliphatic heterocycles. The molecule has 1 N–H and O–H groups in total. The molecular formula is C23H20N4O3. The zero-order valence-electron chi connectivity index (χ0n) is 16.4. The fourth-order valence-corrected chi connectivity index (χ4v) is 3.02. The van der Waals surface area contributed by atoms with Gasteiger partial charge in [-0.2, -0.15) is 5.10 Å². The van der Waals surface area contributed by atoms with E-state index in [1.54, 1.807) is 25.6 Å². The van der Waals surface area contributed by atoms with Gasteiger partial charge in [0.2, 0.25) is 0 Å². The molecule has 2 heterocycles. The molecule has 0 spiro atoms. The lowest BCUT2D eigenvalue weighted by Gasteiger charge is -2.08. The molecule has 0 saturated carbocycles. The lowest BCUT2D eigenvalue weighted by atomic mass is 10.2. The zero-order valence-corrected chi connectivity index (χ0v) is 16.4. The molecule has 7 heteroatoms. The number of hydrogen-bond donors (Lipinski definition) is 1. The van der Waals surface area contributed by atoms with Crippen molar-refractivity contribution in [2.24, 2.45) is 5.10 Å². The van der Waals surface area contributed by atoms with Gasteiger partial charge in [0, 0.05) is 23.5 Å². The van der Waals surface area contributed by atoms with Crippen LogP contribution in [-0.4, -0.2) is 35.4 Å². The number of rotatable bonds is 7. The molecule has 7 nitrogen and oxygen atoms in total. The highest BCUT2D eigenvalue weighted by Gasteiger charge is 2.06. The summed E-state index contributed by atoms with van der Waals surface area (Å²) in [6.45, 7) is -0.160. The molecule has 0 atom stereocenters. The summed E-state index contributed by atoms with van der Waals surface area (Å²) >= 11 is 0. The van der Waals surface area contributed by atoms with Crippen molar-refractivity contribution >= 4 is 23.0 Å². The van der Waals surface area contributed by atoms with Crippen LogP contribution in [0.4, 0.5) is 0 Å². The zero-order chi connectivity index (χ0) is 20.8. The van der Waals surface area contributed by atoms with Crippen molar-refractivity contribution in [2.45, 2.75) is 0 Å². The Morgan fingerprint density at radius 1 is 1.10 bits per heavy atom. The summed E-state index contributed by atoms with van der Waals surface area (Å²) in [4.78, 5) is 16.4. The molecular weight excluding hydrogens is 380 g/mol. The third kappa shape index (κ3) is 4.30. The maximum absolute atomic E-state index is 12.1. The van der Waals surface area contributed by atoms with Gasteiger partial charge in [-0.15, -0.1) is 0 Å². The van der Waals surface area contributed by atoms with Crippen LogP contribution in [-0.2, 0) is 4.79 Å². The van der Waals surface area contributed by atoms with E-state index in [-0.39, 0.29) is 12.5 Å². The van der Waals surface area contributed by atoms with E-state index in [4.69, 9.17) is 9.47 Å². The Morgan fingerprint density at radius 2 is 1.93 bits per heavy atom. The number of carbonyl (C=O) groups is 1. The predicted octanol–water partition coefficient (Wildman–Crippen LogP) is 3.56. The Balaban J connectivity index is 1.37. The molecule has 0 bridgehead atoms. The smallest absolute Gasteiger partial charge is 0.277 e. The number of carbonyl (C=O) groups excluding carboxylic acids is 1. The van der Waals surface area contributed by atoms with Crippen molar-refractivity contribution in [2.75, 3.05) is 13.7 Å². The number of para-hydroxylation sites is 1. The second kappa shape index (κ2) is 8.91. The number of aromatic nitrogens is 2. The van der Waals surface area contributed by atoms with Crippen molar-refractivity contribution in [1.29, 1.82) is 0 Å². The van der Waals surface area contributed by atoms with Gasteiger partial charge in [0.25, 0.3) is 5.91 Å². The lowest BCUT2D eigenvalue weighted by Crippen LogP contribution is -2.24. The summed E-state index contributed by atoms with van der Waals surface area (Å²) in [6.07, 6.45) is 5.20. The highest BCUT2D eigenvalue weighted by atomic mass is 16.5. The number of amides is 1. The van der Waals surface area contributed by atoms with Crippen LogP contribution < -0.4 is 14.9 Å². The molecule has 0 radical (unpaired) electrons. The van der Waals surface area contributed by atoms with Crippen molar-refractivity contribution in [1.82, 2.24) is 15.0 Å². The number of methoxy groups -OCH3 is 1. The van der Waals surface area contributed by atoms with Crippen LogP contribution in [0.2, 0.25) is 0 Å². The Kier molecular flexibility index (Phi) is 5.70. The summed E-state index contributed by atoms with van der Waals surface area (Å²) in [5.41, 5.74) is 4.98. The number of ether oxygens (including phenoxy) is 2. The number of benzene rings is 2. The Hall–Kier alpha value is -4.13. The minimum atomic E-state index is -0.360. The van der Waals surface area contributed by atoms with Crippen LogP contribution in [0.1, 0.15) is 5.69 Å². The van der Waals surface area contributed by atoms with Gasteiger partial charge in [-0.25, -0.2) is 5.43 Å². The second-order valence-electron chi connectivity index (χ2n) is 6.41. The Bertz CT molecular complexity index is 1180. The number of fused-ring (bicyclic) bond motifs is 1. The molecule has 2 aromatic carbocycles. The van der Waals surface area contributed by atoms with Crippen LogP contribution in [0.3, 0.4) is 0 Å². The largest absolute Gasteiger partial charge is 0.497 e. The fraction of sp³-hybridized carbons (Fsp3) is 0.0870. The molecule has 0 unspecified atom stereocenters. The maximum Gasteiger partial charge on any atom is 0.277 e. The van der Waals surface area contributed by atoms with Gasteiger partial charge >= 0.3 is 0 Å². The molecule has 4 aromatic rings. The van der Waals surface area contributed by atoms with E-state index in [2.05, 4.69) is 15.5 Å². The molecule has 30 heavy (non-hydrogen) atoms. The van der Waals surface area contributed by atoms with Gasteiger partial charge < -0.3 is 14.0 Å². The number of pyridine rings is 1. The Morgan fingerprint density at radius 3 is 2.77 bits per heavy atom. The molecule has 0 aliphatic carbocycles. The molecule has 0 fully saturated rings. The van der Waals surface area contributed by atoms with E-state index in [9.17, 15) is 4.79 Å². The van der Waals surface area contributed by atoms with Crippen molar-refractivity contribution in [3.8, 4) is 17.2 Å². The number of hydrazone groups is 1. The SMILES string of the molecule is COc1ccc(-n2cccc2/C=N\NC(=O)COc2cccc3cccnc23)cc1. The highest BCUT2D eigenvalue weighted by Crippen LogP contribution is 2.22. The van der Waals surface area contributed by atoms with E-state index in [0.29, 0.717) is 11.3 Å². The monoisotopic (exact) mass is 400 g/mol. The first kappa shape index (κ1) is 19.2. The van der Waals surface area contributed by atoms with Gasteiger partial charge in [0.15, 0.2) is 6.61 Å². The van der Waals surface area contributed by atoms with E-state index in [1.165, 1.54) is 0 Å². The highest BCUT2D eigenvalue weighted by molar-refractivity contribution is 5.85. The van der Waals surface area contributed by atoms with Crippen LogP contribution in [0.15, 0.2) is 84.2 Å². The maximum atomic E-state index is 12.1. The summed E-state index contributed by atoms with van der Waals surface area (Å²) in [5.74, 6) is 0.983. The van der Waals surface area contributed by atoms with E-state index >= 15 is 0 Å². The molecule has 0 saturated heterocycles. The van der Waals surface area contributed by atoms with Gasteiger partial charge in [-0.1, -0.05) is 18.2 Å². The predicted molar refractivity (Wildman–Crippen MR) is 115 cm³/mol. The minimum Gasteiger partial charge on any atom is -0.497 e. The van der Waals surface area contributed by atoms with E-state index in [0.717, 1.165) is 22.5 Å². The van der Waals surface area contributed by atoms with E-state index < -0.39 is 0 Å².